The molecule has 0 heterocycles. The number of hydrogen-bond donors (Lipinski definition) is 2. The lowest BCUT2D eigenvalue weighted by molar-refractivity contribution is -0.123. The smallest absolute Gasteiger partial charge is 0.230 e. The van der Waals surface area contributed by atoms with E-state index < -0.39 is 0 Å². The van der Waals surface area contributed by atoms with Gasteiger partial charge in [0.15, 0.2) is 0 Å². The van der Waals surface area contributed by atoms with Crippen LogP contribution < -0.4 is 11.1 Å². The standard InChI is InChI=1S/C15H22N2O/c1-10-4-5-13(12(3)11(10)2)15(6-7-15)14(18)17-9-8-16/h4-5H,6-9,16H2,1-3H3,(H,17,18). The summed E-state index contributed by atoms with van der Waals surface area (Å²) in [6.07, 6.45) is 1.90. The van der Waals surface area contributed by atoms with Crippen molar-refractivity contribution in [1.29, 1.82) is 0 Å². The van der Waals surface area contributed by atoms with E-state index in [-0.39, 0.29) is 11.3 Å². The first-order valence-corrected chi connectivity index (χ1v) is 6.58. The van der Waals surface area contributed by atoms with Crippen molar-refractivity contribution in [3.8, 4) is 0 Å². The highest BCUT2D eigenvalue weighted by atomic mass is 16.2. The maximum absolute atomic E-state index is 12.3. The van der Waals surface area contributed by atoms with Crippen LogP contribution in [0.25, 0.3) is 0 Å². The van der Waals surface area contributed by atoms with Crippen LogP contribution in [0.2, 0.25) is 0 Å². The Morgan fingerprint density at radius 3 is 2.50 bits per heavy atom. The van der Waals surface area contributed by atoms with Crippen molar-refractivity contribution in [3.05, 3.63) is 34.4 Å². The Morgan fingerprint density at radius 1 is 1.28 bits per heavy atom. The molecule has 2 rings (SSSR count). The Balaban J connectivity index is 2.31. The van der Waals surface area contributed by atoms with Gasteiger partial charge in [0.05, 0.1) is 5.41 Å². The van der Waals surface area contributed by atoms with E-state index in [2.05, 4.69) is 38.2 Å². The Morgan fingerprint density at radius 2 is 1.94 bits per heavy atom. The van der Waals surface area contributed by atoms with Gasteiger partial charge < -0.3 is 11.1 Å². The summed E-state index contributed by atoms with van der Waals surface area (Å²) in [6.45, 7) is 7.41. The van der Waals surface area contributed by atoms with Crippen LogP contribution in [0, 0.1) is 20.8 Å². The third-order valence-corrected chi connectivity index (χ3v) is 4.19. The third kappa shape index (κ3) is 2.03. The van der Waals surface area contributed by atoms with Gasteiger partial charge in [0, 0.05) is 13.1 Å². The molecule has 3 nitrogen and oxygen atoms in total. The van der Waals surface area contributed by atoms with E-state index in [0.717, 1.165) is 12.8 Å². The summed E-state index contributed by atoms with van der Waals surface area (Å²) in [4.78, 5) is 12.3. The van der Waals surface area contributed by atoms with Gasteiger partial charge in [0.25, 0.3) is 0 Å². The molecule has 0 spiro atoms. The number of hydrogen-bond acceptors (Lipinski definition) is 2. The number of nitrogens with one attached hydrogen (secondary N) is 1. The Hall–Kier alpha value is -1.35. The summed E-state index contributed by atoms with van der Waals surface area (Å²) >= 11 is 0. The predicted octanol–water partition coefficient (Wildman–Crippen LogP) is 1.72. The van der Waals surface area contributed by atoms with Crippen LogP contribution in [0.3, 0.4) is 0 Å². The zero-order chi connectivity index (χ0) is 13.3. The number of nitrogens with two attached hydrogens (primary N) is 1. The number of rotatable bonds is 4. The molecule has 1 aliphatic carbocycles. The highest BCUT2D eigenvalue weighted by Gasteiger charge is 2.51. The zero-order valence-electron chi connectivity index (χ0n) is 11.5. The molecular formula is C15H22N2O. The molecule has 1 saturated carbocycles. The summed E-state index contributed by atoms with van der Waals surface area (Å²) in [7, 11) is 0. The summed E-state index contributed by atoms with van der Waals surface area (Å²) in [5, 5.41) is 2.93. The Labute approximate surface area is 109 Å². The Kier molecular flexibility index (Phi) is 3.44. The highest BCUT2D eigenvalue weighted by molar-refractivity contribution is 5.91. The molecule has 98 valence electrons. The van der Waals surface area contributed by atoms with E-state index in [1.807, 2.05) is 0 Å². The van der Waals surface area contributed by atoms with Crippen molar-refractivity contribution < 1.29 is 4.79 Å². The predicted molar refractivity (Wildman–Crippen MR) is 73.6 cm³/mol. The van der Waals surface area contributed by atoms with E-state index in [0.29, 0.717) is 13.1 Å². The van der Waals surface area contributed by atoms with Gasteiger partial charge in [-0.05, 0) is 55.9 Å². The second-order valence-corrected chi connectivity index (χ2v) is 5.31. The topological polar surface area (TPSA) is 55.1 Å². The molecule has 0 radical (unpaired) electrons. The van der Waals surface area contributed by atoms with Gasteiger partial charge in [0.2, 0.25) is 5.91 Å². The molecule has 3 heteroatoms. The van der Waals surface area contributed by atoms with Gasteiger partial charge in [-0.2, -0.15) is 0 Å². The van der Waals surface area contributed by atoms with Gasteiger partial charge in [-0.15, -0.1) is 0 Å². The first kappa shape index (κ1) is 13.1. The van der Waals surface area contributed by atoms with Crippen LogP contribution >= 0.6 is 0 Å². The van der Waals surface area contributed by atoms with Gasteiger partial charge in [0.1, 0.15) is 0 Å². The number of benzene rings is 1. The maximum atomic E-state index is 12.3. The third-order valence-electron chi connectivity index (χ3n) is 4.19. The van der Waals surface area contributed by atoms with E-state index in [9.17, 15) is 4.79 Å². The lowest BCUT2D eigenvalue weighted by Crippen LogP contribution is -2.38. The maximum Gasteiger partial charge on any atom is 0.230 e. The number of aryl methyl sites for hydroxylation is 1. The molecule has 18 heavy (non-hydrogen) atoms. The first-order chi connectivity index (χ1) is 8.53. The van der Waals surface area contributed by atoms with Gasteiger partial charge >= 0.3 is 0 Å². The van der Waals surface area contributed by atoms with Crippen LogP contribution in [-0.4, -0.2) is 19.0 Å². The molecule has 1 aromatic carbocycles. The quantitative estimate of drug-likeness (QED) is 0.850. The van der Waals surface area contributed by atoms with Gasteiger partial charge in [-0.1, -0.05) is 12.1 Å². The fraction of sp³-hybridized carbons (Fsp3) is 0.533. The van der Waals surface area contributed by atoms with Crippen molar-refractivity contribution in [2.75, 3.05) is 13.1 Å². The van der Waals surface area contributed by atoms with Crippen LogP contribution in [0.5, 0.6) is 0 Å². The summed E-state index contributed by atoms with van der Waals surface area (Å²) in [6, 6.07) is 4.24. The second kappa shape index (κ2) is 4.73. The molecule has 0 aromatic heterocycles. The molecule has 0 aliphatic heterocycles. The minimum absolute atomic E-state index is 0.138. The molecular weight excluding hydrogens is 224 g/mol. The number of carbonyl (C=O) groups is 1. The highest BCUT2D eigenvalue weighted by Crippen LogP contribution is 2.50. The minimum Gasteiger partial charge on any atom is -0.354 e. The van der Waals surface area contributed by atoms with Crippen molar-refractivity contribution in [3.63, 3.8) is 0 Å². The molecule has 1 amide bonds. The lowest BCUT2D eigenvalue weighted by Gasteiger charge is -2.20. The molecule has 1 fully saturated rings. The van der Waals surface area contributed by atoms with Crippen molar-refractivity contribution in [2.45, 2.75) is 39.0 Å². The van der Waals surface area contributed by atoms with Crippen molar-refractivity contribution >= 4 is 5.91 Å². The van der Waals surface area contributed by atoms with Crippen LogP contribution in [0.4, 0.5) is 0 Å². The van der Waals surface area contributed by atoms with Crippen molar-refractivity contribution in [2.24, 2.45) is 5.73 Å². The number of carbonyl (C=O) groups excluding carboxylic acids is 1. The van der Waals surface area contributed by atoms with Crippen LogP contribution in [-0.2, 0) is 10.2 Å². The first-order valence-electron chi connectivity index (χ1n) is 6.58. The zero-order valence-corrected chi connectivity index (χ0v) is 11.5. The molecule has 0 atom stereocenters. The second-order valence-electron chi connectivity index (χ2n) is 5.31. The molecule has 0 unspecified atom stereocenters. The molecule has 0 bridgehead atoms. The minimum atomic E-state index is -0.280. The largest absolute Gasteiger partial charge is 0.354 e. The molecule has 1 aliphatic rings. The number of amides is 1. The lowest BCUT2D eigenvalue weighted by atomic mass is 9.87. The van der Waals surface area contributed by atoms with E-state index in [1.165, 1.54) is 22.3 Å². The van der Waals surface area contributed by atoms with Gasteiger partial charge in [-0.25, -0.2) is 0 Å². The van der Waals surface area contributed by atoms with Crippen LogP contribution in [0.1, 0.15) is 35.1 Å². The van der Waals surface area contributed by atoms with E-state index >= 15 is 0 Å². The summed E-state index contributed by atoms with van der Waals surface area (Å²) in [5.41, 5.74) is 10.2. The fourth-order valence-corrected chi connectivity index (χ4v) is 2.57. The van der Waals surface area contributed by atoms with Crippen LogP contribution in [0.15, 0.2) is 12.1 Å². The normalized spacial score (nSPS) is 16.4. The average Bonchev–Trinajstić information content (AvgIpc) is 3.14. The van der Waals surface area contributed by atoms with E-state index in [4.69, 9.17) is 5.73 Å². The Bertz CT molecular complexity index is 476. The summed E-state index contributed by atoms with van der Waals surface area (Å²) in [5.74, 6) is 0.138. The monoisotopic (exact) mass is 246 g/mol. The summed E-state index contributed by atoms with van der Waals surface area (Å²) < 4.78 is 0. The van der Waals surface area contributed by atoms with Crippen molar-refractivity contribution in [1.82, 2.24) is 5.32 Å². The van der Waals surface area contributed by atoms with E-state index in [1.54, 1.807) is 0 Å². The molecule has 3 N–H and O–H groups in total. The molecule has 0 saturated heterocycles. The fourth-order valence-electron chi connectivity index (χ4n) is 2.57. The molecule has 1 aromatic rings. The average molecular weight is 246 g/mol. The van der Waals surface area contributed by atoms with Gasteiger partial charge in [-0.3, -0.25) is 4.79 Å². The SMILES string of the molecule is Cc1ccc(C2(C(=O)NCCN)CC2)c(C)c1C.